The Balaban J connectivity index is 0.000000207. The average Bonchev–Trinajstić information content (AvgIpc) is 3.80. The van der Waals surface area contributed by atoms with Gasteiger partial charge in [0.2, 0.25) is 0 Å². The zero-order valence-electron chi connectivity index (χ0n) is 30.2. The lowest BCUT2D eigenvalue weighted by Gasteiger charge is -2.33. The summed E-state index contributed by atoms with van der Waals surface area (Å²) in [7, 11) is 0. The van der Waals surface area contributed by atoms with Crippen molar-refractivity contribution in [2.75, 3.05) is 22.9 Å². The van der Waals surface area contributed by atoms with Crippen LogP contribution in [0.5, 0.6) is 0 Å². The summed E-state index contributed by atoms with van der Waals surface area (Å²) in [6.07, 6.45) is 6.99. The third-order valence-electron chi connectivity index (χ3n) is 9.22. The van der Waals surface area contributed by atoms with Crippen molar-refractivity contribution in [1.29, 1.82) is 0 Å². The van der Waals surface area contributed by atoms with E-state index in [0.717, 1.165) is 52.2 Å². The maximum Gasteiger partial charge on any atom is 0.277 e. The van der Waals surface area contributed by atoms with E-state index < -0.39 is 0 Å². The van der Waals surface area contributed by atoms with E-state index in [9.17, 15) is 9.59 Å². The molecule has 8 rings (SSSR count). The Bertz CT molecular complexity index is 2370. The molecule has 10 nitrogen and oxygen atoms in total. The average molecular weight is 1090 g/mol. The van der Waals surface area contributed by atoms with Crippen molar-refractivity contribution in [2.45, 2.75) is 39.8 Å². The number of aromatic nitrogens is 6. The molecule has 56 heavy (non-hydrogen) atoms. The van der Waals surface area contributed by atoms with Crippen LogP contribution < -0.4 is 9.80 Å². The van der Waals surface area contributed by atoms with Gasteiger partial charge in [-0.15, -0.1) is 0 Å². The van der Waals surface area contributed by atoms with Crippen LogP contribution in [0.3, 0.4) is 0 Å². The van der Waals surface area contributed by atoms with Crippen LogP contribution in [0.1, 0.15) is 58.3 Å². The number of nitrogens with zero attached hydrogens (tertiary/aromatic N) is 8. The maximum absolute atomic E-state index is 13.4. The van der Waals surface area contributed by atoms with Gasteiger partial charge in [-0.3, -0.25) is 28.9 Å². The minimum atomic E-state index is -0.105. The van der Waals surface area contributed by atoms with Crippen molar-refractivity contribution >= 4 is 142 Å². The molecule has 6 heterocycles. The number of carbonyl (C=O) groups is 2. The summed E-state index contributed by atoms with van der Waals surface area (Å²) in [6.45, 7) is 8.96. The molecule has 0 spiro atoms. The Morgan fingerprint density at radius 3 is 1.59 bits per heavy atom. The molecular weight excluding hydrogens is 1060 g/mol. The molecule has 2 aromatic carbocycles. The first-order valence-electron chi connectivity index (χ1n) is 16.7. The van der Waals surface area contributed by atoms with Crippen molar-refractivity contribution in [2.24, 2.45) is 0 Å². The van der Waals surface area contributed by atoms with E-state index in [4.69, 9.17) is 46.4 Å². The minimum absolute atomic E-state index is 0. The predicted octanol–water partition coefficient (Wildman–Crippen LogP) is 11.0. The van der Waals surface area contributed by atoms with Gasteiger partial charge in [-0.05, 0) is 133 Å². The van der Waals surface area contributed by atoms with Crippen LogP contribution >= 0.6 is 119 Å². The summed E-state index contributed by atoms with van der Waals surface area (Å²) in [6, 6.07) is 14.8. The first kappa shape index (κ1) is 44.5. The molecule has 2 aliphatic heterocycles. The molecule has 2 aliphatic rings. The quantitative estimate of drug-likeness (QED) is 0.0990. The first-order chi connectivity index (χ1) is 25.7. The summed E-state index contributed by atoms with van der Waals surface area (Å²) < 4.78 is 5.23. The van der Waals surface area contributed by atoms with Crippen LogP contribution in [-0.2, 0) is 0 Å². The lowest BCUT2D eigenvalue weighted by Crippen LogP contribution is -2.43. The number of anilines is 2. The molecule has 0 N–H and O–H groups in total. The number of fused-ring (bicyclic) bond motifs is 2. The standard InChI is InChI=1S/2C19H15Cl2IN4O.2H2S/c1-10-5-12(3-4-23-10)13-8-24-26-11(2)9-25(19(27)18(13)26)17-7-15(21)14(20)6-16(17)22;1-10-7-12(5-6-23-10)13-8-24-26-11(2)9-25(19(27)18(13)26)15-4-3-14(20)16(21)17(15)22;;/h2*3-8,11H,9H2,1-2H3;2*1H2/t2*11-;;/m00../s1. The van der Waals surface area contributed by atoms with Gasteiger partial charge in [-0.25, -0.2) is 0 Å². The first-order valence-corrected chi connectivity index (χ1v) is 20.3. The molecule has 292 valence electrons. The second-order valence-corrected chi connectivity index (χ2v) is 16.9. The molecule has 2 atom stereocenters. The summed E-state index contributed by atoms with van der Waals surface area (Å²) >= 11 is 29.1. The minimum Gasteiger partial charge on any atom is -0.304 e. The topological polar surface area (TPSA) is 102 Å². The highest BCUT2D eigenvalue weighted by atomic mass is 127. The van der Waals surface area contributed by atoms with Gasteiger partial charge in [-0.2, -0.15) is 37.2 Å². The third kappa shape index (κ3) is 8.44. The zero-order chi connectivity index (χ0) is 38.6. The van der Waals surface area contributed by atoms with Crippen LogP contribution in [0.2, 0.25) is 20.1 Å². The number of carbonyl (C=O) groups excluding carboxylic acids is 2. The molecule has 0 saturated heterocycles. The van der Waals surface area contributed by atoms with Gasteiger partial charge < -0.3 is 9.80 Å². The van der Waals surface area contributed by atoms with Crippen molar-refractivity contribution in [3.8, 4) is 22.3 Å². The number of aryl methyl sites for hydroxylation is 2. The summed E-state index contributed by atoms with van der Waals surface area (Å²) in [5, 5.41) is 10.8. The molecular formula is C38H34Cl4I2N8O2S2. The largest absolute Gasteiger partial charge is 0.304 e. The van der Waals surface area contributed by atoms with Gasteiger partial charge in [0.25, 0.3) is 11.8 Å². The second-order valence-electron chi connectivity index (χ2n) is 13.0. The lowest BCUT2D eigenvalue weighted by atomic mass is 10.0. The summed E-state index contributed by atoms with van der Waals surface area (Å²) in [5.41, 5.74) is 7.89. The highest BCUT2D eigenvalue weighted by Crippen LogP contribution is 2.40. The summed E-state index contributed by atoms with van der Waals surface area (Å²) in [4.78, 5) is 38.8. The third-order valence-corrected chi connectivity index (χ3v) is 13.0. The van der Waals surface area contributed by atoms with Crippen LogP contribution in [0.15, 0.2) is 73.3 Å². The van der Waals surface area contributed by atoms with E-state index in [0.29, 0.717) is 44.6 Å². The monoisotopic (exact) mass is 1090 g/mol. The van der Waals surface area contributed by atoms with Gasteiger partial charge in [0, 0.05) is 51.6 Å². The normalized spacial score (nSPS) is 16.0. The fraction of sp³-hybridized carbons (Fsp3) is 0.211. The Morgan fingerprint density at radius 1 is 0.643 bits per heavy atom. The second kappa shape index (κ2) is 18.1. The highest BCUT2D eigenvalue weighted by molar-refractivity contribution is 14.1. The van der Waals surface area contributed by atoms with Crippen LogP contribution in [-0.4, -0.2) is 54.4 Å². The van der Waals surface area contributed by atoms with E-state index in [2.05, 4.69) is 65.3 Å². The molecule has 0 saturated carbocycles. The predicted molar refractivity (Wildman–Crippen MR) is 252 cm³/mol. The molecule has 0 radical (unpaired) electrons. The number of halogens is 6. The maximum atomic E-state index is 13.4. The number of amides is 2. The lowest BCUT2D eigenvalue weighted by molar-refractivity contribution is 0.0946. The Morgan fingerprint density at radius 2 is 1.11 bits per heavy atom. The molecule has 0 unspecified atom stereocenters. The molecule has 6 aromatic rings. The van der Waals surface area contributed by atoms with E-state index in [1.54, 1.807) is 62.1 Å². The fourth-order valence-corrected chi connectivity index (χ4v) is 9.13. The fourth-order valence-electron chi connectivity index (χ4n) is 6.63. The van der Waals surface area contributed by atoms with E-state index in [1.165, 1.54) is 0 Å². The van der Waals surface area contributed by atoms with Crippen LogP contribution in [0.4, 0.5) is 11.4 Å². The smallest absolute Gasteiger partial charge is 0.277 e. The van der Waals surface area contributed by atoms with Crippen molar-refractivity contribution in [3.05, 3.63) is 123 Å². The van der Waals surface area contributed by atoms with Gasteiger partial charge in [-0.1, -0.05) is 46.4 Å². The molecule has 0 aliphatic carbocycles. The summed E-state index contributed by atoms with van der Waals surface area (Å²) in [5.74, 6) is -0.210. The van der Waals surface area contributed by atoms with Gasteiger partial charge >= 0.3 is 0 Å². The van der Waals surface area contributed by atoms with Gasteiger partial charge in [0.1, 0.15) is 11.4 Å². The zero-order valence-corrected chi connectivity index (χ0v) is 39.5. The Hall–Kier alpha value is -2.58. The number of pyridine rings is 2. The highest BCUT2D eigenvalue weighted by Gasteiger charge is 2.36. The number of hydrogen-bond donors (Lipinski definition) is 0. The van der Waals surface area contributed by atoms with Crippen molar-refractivity contribution in [3.63, 3.8) is 0 Å². The van der Waals surface area contributed by atoms with E-state index in [-0.39, 0.29) is 50.9 Å². The number of rotatable bonds is 4. The van der Waals surface area contributed by atoms with Crippen molar-refractivity contribution < 1.29 is 9.59 Å². The molecule has 18 heteroatoms. The molecule has 0 bridgehead atoms. The van der Waals surface area contributed by atoms with Crippen LogP contribution in [0.25, 0.3) is 22.3 Å². The molecule has 2 amide bonds. The number of benzene rings is 2. The number of hydrogen-bond acceptors (Lipinski definition) is 6. The Kier molecular flexibility index (Phi) is 14.4. The van der Waals surface area contributed by atoms with E-state index >= 15 is 0 Å². The van der Waals surface area contributed by atoms with Crippen molar-refractivity contribution in [1.82, 2.24) is 29.5 Å². The van der Waals surface area contributed by atoms with Crippen LogP contribution in [0, 0.1) is 21.0 Å². The van der Waals surface area contributed by atoms with Gasteiger partial charge in [0.15, 0.2) is 0 Å². The SMILES string of the molecule is Cc1cc(-c2cnn3c2C(=O)N(c2cc(Cl)c(Cl)cc2I)C[C@@H]3C)ccn1.Cc1cc(-c2cnn3c2C(=O)N(c2ccc(Cl)c(Cl)c2I)C[C@@H]3C)ccn1.S.S. The van der Waals surface area contributed by atoms with E-state index in [1.807, 2.05) is 58.0 Å². The van der Waals surface area contributed by atoms with Gasteiger partial charge in [0.05, 0.1) is 59.5 Å². The molecule has 0 fully saturated rings. The Labute approximate surface area is 385 Å². The molecule has 4 aromatic heterocycles.